The van der Waals surface area contributed by atoms with Crippen LogP contribution in [0.5, 0.6) is 0 Å². The molecule has 11 nitrogen and oxygen atoms in total. The summed E-state index contributed by atoms with van der Waals surface area (Å²) in [7, 11) is 0. The van der Waals surface area contributed by atoms with Crippen LogP contribution >= 0.6 is 0 Å². The van der Waals surface area contributed by atoms with Gasteiger partial charge in [0.25, 0.3) is 5.91 Å². The van der Waals surface area contributed by atoms with E-state index < -0.39 is 0 Å². The van der Waals surface area contributed by atoms with Crippen molar-refractivity contribution in [1.29, 1.82) is 0 Å². The quantitative estimate of drug-likeness (QED) is 0.492. The molecule has 5 heterocycles. The molecule has 1 unspecified atom stereocenters. The predicted octanol–water partition coefficient (Wildman–Crippen LogP) is 0.920. The van der Waals surface area contributed by atoms with E-state index >= 15 is 0 Å². The van der Waals surface area contributed by atoms with Crippen molar-refractivity contribution in [1.82, 2.24) is 44.6 Å². The van der Waals surface area contributed by atoms with Crippen molar-refractivity contribution < 1.29 is 9.21 Å². The largest absolute Gasteiger partial charge is 0.448 e. The Kier molecular flexibility index (Phi) is 4.31. The second kappa shape index (κ2) is 7.26. The summed E-state index contributed by atoms with van der Waals surface area (Å²) in [4.78, 5) is 28.7. The van der Waals surface area contributed by atoms with Crippen molar-refractivity contribution in [2.45, 2.75) is 18.9 Å². The maximum atomic E-state index is 12.7. The minimum atomic E-state index is -0.143. The predicted molar refractivity (Wildman–Crippen MR) is 98.0 cm³/mol. The molecule has 4 aromatic heterocycles. The maximum absolute atomic E-state index is 12.7. The van der Waals surface area contributed by atoms with Gasteiger partial charge in [-0.1, -0.05) is 0 Å². The van der Waals surface area contributed by atoms with Gasteiger partial charge >= 0.3 is 0 Å². The summed E-state index contributed by atoms with van der Waals surface area (Å²) >= 11 is 0. The Morgan fingerprint density at radius 2 is 2.10 bits per heavy atom. The summed E-state index contributed by atoms with van der Waals surface area (Å²) in [6.07, 6.45) is 10.7. The lowest BCUT2D eigenvalue weighted by atomic mass is 10.2. The number of pyridine rings is 1. The van der Waals surface area contributed by atoms with E-state index in [1.165, 1.54) is 17.4 Å². The van der Waals surface area contributed by atoms with Crippen LogP contribution in [0.4, 0.5) is 0 Å². The van der Waals surface area contributed by atoms with Gasteiger partial charge in [-0.05, 0) is 18.6 Å². The van der Waals surface area contributed by atoms with E-state index in [-0.39, 0.29) is 11.9 Å². The van der Waals surface area contributed by atoms with Crippen LogP contribution < -0.4 is 0 Å². The van der Waals surface area contributed by atoms with Crippen molar-refractivity contribution in [3.63, 3.8) is 0 Å². The molecule has 0 aliphatic carbocycles. The first-order valence-corrected chi connectivity index (χ1v) is 9.16. The highest BCUT2D eigenvalue weighted by Crippen LogP contribution is 2.22. The molecule has 0 bridgehead atoms. The number of likely N-dealkylation sites (tertiary alicyclic amines) is 1. The van der Waals surface area contributed by atoms with E-state index in [9.17, 15) is 4.79 Å². The lowest BCUT2D eigenvalue weighted by Gasteiger charge is -2.14. The van der Waals surface area contributed by atoms with Crippen LogP contribution in [0.15, 0.2) is 54.1 Å². The van der Waals surface area contributed by atoms with Crippen molar-refractivity contribution >= 4 is 5.91 Å². The van der Waals surface area contributed by atoms with Crippen LogP contribution in [0.2, 0.25) is 0 Å². The number of carbonyl (C=O) groups is 1. The van der Waals surface area contributed by atoms with Crippen LogP contribution in [0.1, 0.15) is 34.5 Å². The molecule has 1 aliphatic heterocycles. The third kappa shape index (κ3) is 3.49. The number of oxazole rings is 1. The molecule has 0 aromatic carbocycles. The molecule has 1 aliphatic rings. The normalized spacial score (nSPS) is 16.4. The summed E-state index contributed by atoms with van der Waals surface area (Å²) in [6.45, 7) is 1.23. The molecular formula is C18H17N9O2. The summed E-state index contributed by atoms with van der Waals surface area (Å²) in [6, 6.07) is 3.86. The van der Waals surface area contributed by atoms with Gasteiger partial charge in [0, 0.05) is 18.8 Å². The first-order valence-electron chi connectivity index (χ1n) is 9.16. The second-order valence-corrected chi connectivity index (χ2v) is 6.70. The lowest BCUT2D eigenvalue weighted by Crippen LogP contribution is -2.29. The van der Waals surface area contributed by atoms with Crippen LogP contribution in [-0.2, 0) is 6.42 Å². The van der Waals surface area contributed by atoms with Gasteiger partial charge in [0.2, 0.25) is 5.89 Å². The van der Waals surface area contributed by atoms with Gasteiger partial charge in [0.1, 0.15) is 24.6 Å². The number of hydrogen-bond donors (Lipinski definition) is 0. The third-order valence-electron chi connectivity index (χ3n) is 4.82. The molecule has 146 valence electrons. The van der Waals surface area contributed by atoms with E-state index in [1.54, 1.807) is 34.5 Å². The molecule has 1 amide bonds. The number of rotatable bonds is 5. The van der Waals surface area contributed by atoms with E-state index in [1.807, 2.05) is 12.1 Å². The highest BCUT2D eigenvalue weighted by molar-refractivity contribution is 5.92. The highest BCUT2D eigenvalue weighted by atomic mass is 16.3. The van der Waals surface area contributed by atoms with Crippen molar-refractivity contribution in [3.8, 4) is 5.69 Å². The molecule has 0 N–H and O–H groups in total. The molecule has 0 spiro atoms. The second-order valence-electron chi connectivity index (χ2n) is 6.70. The van der Waals surface area contributed by atoms with Gasteiger partial charge < -0.3 is 9.32 Å². The maximum Gasteiger partial charge on any atom is 0.275 e. The van der Waals surface area contributed by atoms with Gasteiger partial charge in [0.05, 0.1) is 31.1 Å². The van der Waals surface area contributed by atoms with Crippen LogP contribution in [0.3, 0.4) is 0 Å². The topological polar surface area (TPSA) is 121 Å². The van der Waals surface area contributed by atoms with E-state index in [4.69, 9.17) is 4.42 Å². The van der Waals surface area contributed by atoms with Crippen LogP contribution in [0, 0.1) is 0 Å². The van der Waals surface area contributed by atoms with Crippen molar-refractivity contribution in [3.05, 3.63) is 66.9 Å². The minimum Gasteiger partial charge on any atom is -0.448 e. The Balaban J connectivity index is 1.23. The van der Waals surface area contributed by atoms with Crippen molar-refractivity contribution in [2.75, 3.05) is 13.1 Å². The number of aromatic nitrogens is 8. The molecule has 4 aromatic rings. The Bertz CT molecular complexity index is 1090. The molecule has 0 saturated carbocycles. The molecule has 11 heteroatoms. The van der Waals surface area contributed by atoms with E-state index in [0.29, 0.717) is 31.1 Å². The van der Waals surface area contributed by atoms with Crippen LogP contribution in [-0.4, -0.2) is 63.6 Å². The fourth-order valence-electron chi connectivity index (χ4n) is 3.34. The first-order chi connectivity index (χ1) is 14.3. The summed E-state index contributed by atoms with van der Waals surface area (Å²) in [5.74, 6) is 0.300. The Morgan fingerprint density at radius 1 is 1.21 bits per heavy atom. The minimum absolute atomic E-state index is 0.139. The molecule has 0 radical (unpaired) electrons. The number of nitrogens with zero attached hydrogens (tertiary/aromatic N) is 9. The fraction of sp³-hybridized carbons (Fsp3) is 0.278. The molecule has 1 saturated heterocycles. The molecule has 1 atom stereocenters. The van der Waals surface area contributed by atoms with E-state index in [0.717, 1.165) is 17.8 Å². The zero-order valence-corrected chi connectivity index (χ0v) is 15.4. The van der Waals surface area contributed by atoms with Gasteiger partial charge in [0.15, 0.2) is 5.69 Å². The summed E-state index contributed by atoms with van der Waals surface area (Å²) in [5, 5.41) is 12.3. The molecule has 1 fully saturated rings. The smallest absolute Gasteiger partial charge is 0.275 e. The van der Waals surface area contributed by atoms with Gasteiger partial charge in [-0.2, -0.15) is 20.1 Å². The Morgan fingerprint density at radius 3 is 2.86 bits per heavy atom. The van der Waals surface area contributed by atoms with Crippen molar-refractivity contribution in [2.24, 2.45) is 0 Å². The van der Waals surface area contributed by atoms with Gasteiger partial charge in [-0.25, -0.2) is 14.6 Å². The Labute approximate surface area is 165 Å². The first kappa shape index (κ1) is 17.2. The number of carbonyl (C=O) groups excluding carboxylic acids is 1. The number of hydrogen-bond acceptors (Lipinski definition) is 8. The average Bonchev–Trinajstić information content (AvgIpc) is 3.56. The van der Waals surface area contributed by atoms with Crippen LogP contribution in [0.25, 0.3) is 5.69 Å². The zero-order chi connectivity index (χ0) is 19.6. The summed E-state index contributed by atoms with van der Waals surface area (Å²) < 4.78 is 7.28. The summed E-state index contributed by atoms with van der Waals surface area (Å²) in [5.41, 5.74) is 1.84. The third-order valence-corrected chi connectivity index (χ3v) is 4.82. The monoisotopic (exact) mass is 391 g/mol. The fourth-order valence-corrected chi connectivity index (χ4v) is 3.34. The standard InChI is InChI=1S/C18H17N9O2/c28-18(25-6-3-15(9-25)26-12-19-11-23-26)16-10-29-17(24-16)7-13-1-2-14(8-20-13)27-21-4-5-22-27/h1-2,4-5,8,10-12,15H,3,6-7,9H2. The molecule has 29 heavy (non-hydrogen) atoms. The van der Waals surface area contributed by atoms with E-state index in [2.05, 4.69) is 30.2 Å². The zero-order valence-electron chi connectivity index (χ0n) is 15.4. The van der Waals surface area contributed by atoms with Gasteiger partial charge in [-0.15, -0.1) is 0 Å². The Hall–Kier alpha value is -3.89. The van der Waals surface area contributed by atoms with Gasteiger partial charge in [-0.3, -0.25) is 9.78 Å². The highest BCUT2D eigenvalue weighted by Gasteiger charge is 2.30. The number of amides is 1. The molecular weight excluding hydrogens is 374 g/mol. The average molecular weight is 391 g/mol. The SMILES string of the molecule is O=C(c1coc(Cc2ccc(-n3nccn3)cn2)n1)N1CCC(n2cncn2)C1. The lowest BCUT2D eigenvalue weighted by molar-refractivity contribution is 0.0781. The molecule has 5 rings (SSSR count).